The van der Waals surface area contributed by atoms with E-state index in [9.17, 15) is 19.2 Å². The Morgan fingerprint density at radius 1 is 0.743 bits per heavy atom. The zero-order chi connectivity index (χ0) is 24.5. The highest BCUT2D eigenvalue weighted by Gasteiger charge is 2.74. The lowest BCUT2D eigenvalue weighted by Gasteiger charge is -2.27. The first-order valence-electron chi connectivity index (χ1n) is 11.7. The van der Waals surface area contributed by atoms with Crippen molar-refractivity contribution in [2.75, 3.05) is 0 Å². The van der Waals surface area contributed by atoms with Crippen molar-refractivity contribution < 1.29 is 23.9 Å². The first-order chi connectivity index (χ1) is 16.8. The molecule has 2 fully saturated rings. The molecule has 35 heavy (non-hydrogen) atoms. The van der Waals surface area contributed by atoms with Gasteiger partial charge in [0.05, 0.1) is 24.5 Å². The highest BCUT2D eigenvalue weighted by atomic mass is 16.5. The molecule has 3 aliphatic rings. The summed E-state index contributed by atoms with van der Waals surface area (Å²) in [6, 6.07) is 21.5. The third-order valence-electron chi connectivity index (χ3n) is 7.48. The number of ketones is 2. The fourth-order valence-corrected chi connectivity index (χ4v) is 5.67. The van der Waals surface area contributed by atoms with Crippen LogP contribution in [0.5, 0.6) is 0 Å². The molecule has 6 nitrogen and oxygen atoms in total. The molecule has 2 heterocycles. The fourth-order valence-electron chi connectivity index (χ4n) is 5.67. The number of nitrogens with zero attached hydrogens (tertiary/aromatic N) is 1. The molecule has 6 rings (SSSR count). The Labute approximate surface area is 202 Å². The van der Waals surface area contributed by atoms with Gasteiger partial charge in [0.2, 0.25) is 29.0 Å². The van der Waals surface area contributed by atoms with Crippen molar-refractivity contribution in [3.8, 4) is 0 Å². The maximum atomic E-state index is 13.8. The van der Waals surface area contributed by atoms with Crippen molar-refractivity contribution in [1.82, 2.24) is 4.90 Å². The molecular weight excluding hydrogens is 442 g/mol. The van der Waals surface area contributed by atoms with E-state index in [1.807, 2.05) is 62.4 Å². The van der Waals surface area contributed by atoms with Crippen LogP contribution in [-0.2, 0) is 20.9 Å². The van der Waals surface area contributed by atoms with Gasteiger partial charge in [0, 0.05) is 11.1 Å². The molecule has 0 saturated carbocycles. The summed E-state index contributed by atoms with van der Waals surface area (Å²) < 4.78 is 6.30. The van der Waals surface area contributed by atoms with Gasteiger partial charge in [-0.3, -0.25) is 24.1 Å². The lowest BCUT2D eigenvalue weighted by Crippen LogP contribution is -2.50. The summed E-state index contributed by atoms with van der Waals surface area (Å²) in [7, 11) is 0. The molecular formula is C29H23NO5. The Kier molecular flexibility index (Phi) is 4.66. The van der Waals surface area contributed by atoms with Crippen LogP contribution in [0.4, 0.5) is 0 Å². The Balaban J connectivity index is 1.48. The van der Waals surface area contributed by atoms with E-state index < -0.39 is 46.9 Å². The number of amides is 2. The molecule has 1 aliphatic carbocycles. The molecule has 0 unspecified atom stereocenters. The summed E-state index contributed by atoms with van der Waals surface area (Å²) in [5.41, 5.74) is 1.99. The number of fused-ring (bicyclic) bond motifs is 3. The van der Waals surface area contributed by atoms with Gasteiger partial charge < -0.3 is 4.74 Å². The van der Waals surface area contributed by atoms with Crippen LogP contribution in [0.15, 0.2) is 72.8 Å². The smallest absolute Gasteiger partial charge is 0.237 e. The van der Waals surface area contributed by atoms with Gasteiger partial charge in [-0.25, -0.2) is 0 Å². The number of carbonyl (C=O) groups is 4. The maximum absolute atomic E-state index is 13.8. The van der Waals surface area contributed by atoms with Gasteiger partial charge in [-0.1, -0.05) is 83.9 Å². The average Bonchev–Trinajstić information content (AvgIpc) is 3.42. The van der Waals surface area contributed by atoms with Crippen molar-refractivity contribution in [3.63, 3.8) is 0 Å². The number of likely N-dealkylation sites (tertiary alicyclic amines) is 1. The minimum absolute atomic E-state index is 0.0803. The van der Waals surface area contributed by atoms with Gasteiger partial charge in [-0.15, -0.1) is 0 Å². The summed E-state index contributed by atoms with van der Waals surface area (Å²) in [5, 5.41) is 0. The zero-order valence-electron chi connectivity index (χ0n) is 19.4. The van der Waals surface area contributed by atoms with Crippen LogP contribution in [-0.4, -0.2) is 33.9 Å². The third-order valence-corrected chi connectivity index (χ3v) is 7.48. The van der Waals surface area contributed by atoms with Gasteiger partial charge in [0.1, 0.15) is 0 Å². The fraction of sp³-hybridized carbons (Fsp3) is 0.241. The lowest BCUT2D eigenvalue weighted by molar-refractivity contribution is -0.145. The van der Waals surface area contributed by atoms with Gasteiger partial charge >= 0.3 is 0 Å². The minimum Gasteiger partial charge on any atom is -0.349 e. The molecule has 2 saturated heterocycles. The maximum Gasteiger partial charge on any atom is 0.237 e. The van der Waals surface area contributed by atoms with Crippen LogP contribution in [0, 0.1) is 25.7 Å². The number of carbonyl (C=O) groups excluding carboxylic acids is 4. The van der Waals surface area contributed by atoms with E-state index in [-0.39, 0.29) is 17.7 Å². The number of rotatable bonds is 3. The van der Waals surface area contributed by atoms with E-state index in [2.05, 4.69) is 0 Å². The van der Waals surface area contributed by atoms with E-state index >= 15 is 0 Å². The molecule has 1 spiro atoms. The van der Waals surface area contributed by atoms with E-state index in [1.54, 1.807) is 24.3 Å². The average molecular weight is 466 g/mol. The van der Waals surface area contributed by atoms with E-state index in [4.69, 9.17) is 4.74 Å². The SMILES string of the molecule is Cc1ccc(CN2C(=O)[C@@H]3[C@H](c4ccc(C)cc4)OC4(C(=O)c5ccccc5C4=O)[C@H]3C2=O)cc1. The van der Waals surface area contributed by atoms with Crippen molar-refractivity contribution >= 4 is 23.4 Å². The van der Waals surface area contributed by atoms with E-state index in [1.165, 1.54) is 4.90 Å². The number of ether oxygens (including phenoxy) is 1. The van der Waals surface area contributed by atoms with Gasteiger partial charge in [0.15, 0.2) is 0 Å². The molecule has 0 aromatic heterocycles. The second-order valence-electron chi connectivity index (χ2n) is 9.64. The standard InChI is InChI=1S/C29H23NO5/c1-16-7-11-18(12-8-16)15-30-27(33)22-23(28(30)34)29(35-24(22)19-13-9-17(2)10-14-19)25(31)20-5-3-4-6-21(20)26(29)32/h3-14,22-24H,15H2,1-2H3/t22-,23+,24-/m0/s1. The zero-order valence-corrected chi connectivity index (χ0v) is 19.4. The predicted octanol–water partition coefficient (Wildman–Crippen LogP) is 3.99. The molecule has 2 aliphatic heterocycles. The molecule has 6 heteroatoms. The van der Waals surface area contributed by atoms with Crippen molar-refractivity contribution in [2.45, 2.75) is 32.1 Å². The Morgan fingerprint density at radius 3 is 1.86 bits per heavy atom. The number of hydrogen-bond acceptors (Lipinski definition) is 5. The molecule has 0 radical (unpaired) electrons. The van der Waals surface area contributed by atoms with Crippen molar-refractivity contribution in [1.29, 1.82) is 0 Å². The first kappa shape index (κ1) is 21.6. The molecule has 3 atom stereocenters. The van der Waals surface area contributed by atoms with Gasteiger partial charge in [0.25, 0.3) is 0 Å². The first-order valence-corrected chi connectivity index (χ1v) is 11.7. The predicted molar refractivity (Wildman–Crippen MR) is 127 cm³/mol. The second kappa shape index (κ2) is 7.55. The number of imide groups is 1. The van der Waals surface area contributed by atoms with Crippen molar-refractivity contribution in [3.05, 3.63) is 106 Å². The molecule has 0 N–H and O–H groups in total. The van der Waals surface area contributed by atoms with Crippen LogP contribution < -0.4 is 0 Å². The summed E-state index contributed by atoms with van der Waals surface area (Å²) >= 11 is 0. The molecule has 174 valence electrons. The molecule has 3 aromatic rings. The number of Topliss-reactive ketones (excluding diaryl/α,β-unsaturated/α-hetero) is 2. The van der Waals surface area contributed by atoms with Gasteiger partial charge in [-0.05, 0) is 25.0 Å². The van der Waals surface area contributed by atoms with Crippen LogP contribution in [0.25, 0.3) is 0 Å². The minimum atomic E-state index is -2.03. The Hall–Kier alpha value is -3.90. The summed E-state index contributed by atoms with van der Waals surface area (Å²) in [5.74, 6) is -4.21. The number of benzene rings is 3. The lowest BCUT2D eigenvalue weighted by atomic mass is 9.77. The van der Waals surface area contributed by atoms with Gasteiger partial charge in [-0.2, -0.15) is 0 Å². The number of aryl methyl sites for hydroxylation is 2. The van der Waals surface area contributed by atoms with Crippen molar-refractivity contribution in [2.24, 2.45) is 11.8 Å². The topological polar surface area (TPSA) is 80.8 Å². The summed E-state index contributed by atoms with van der Waals surface area (Å²) in [4.78, 5) is 56.2. The molecule has 3 aromatic carbocycles. The molecule has 0 bridgehead atoms. The van der Waals surface area contributed by atoms with Crippen LogP contribution in [0.1, 0.15) is 49.1 Å². The molecule has 2 amide bonds. The second-order valence-corrected chi connectivity index (χ2v) is 9.64. The Bertz CT molecular complexity index is 1370. The largest absolute Gasteiger partial charge is 0.349 e. The quantitative estimate of drug-likeness (QED) is 0.432. The van der Waals surface area contributed by atoms with E-state index in [0.29, 0.717) is 5.56 Å². The monoisotopic (exact) mass is 465 g/mol. The van der Waals surface area contributed by atoms with Crippen LogP contribution in [0.3, 0.4) is 0 Å². The normalized spacial score (nSPS) is 24.4. The third kappa shape index (κ3) is 2.93. The highest BCUT2D eigenvalue weighted by molar-refractivity contribution is 6.35. The Morgan fingerprint density at radius 2 is 1.29 bits per heavy atom. The summed E-state index contributed by atoms with van der Waals surface area (Å²) in [6.45, 7) is 3.98. The van der Waals surface area contributed by atoms with E-state index in [0.717, 1.165) is 16.7 Å². The summed E-state index contributed by atoms with van der Waals surface area (Å²) in [6.07, 6.45) is -0.887. The van der Waals surface area contributed by atoms with Crippen LogP contribution in [0.2, 0.25) is 0 Å². The number of hydrogen-bond donors (Lipinski definition) is 0. The highest BCUT2D eigenvalue weighted by Crippen LogP contribution is 2.57. The van der Waals surface area contributed by atoms with Crippen LogP contribution >= 0.6 is 0 Å².